The van der Waals surface area contributed by atoms with Crippen molar-refractivity contribution < 1.29 is 14.4 Å². The summed E-state index contributed by atoms with van der Waals surface area (Å²) in [7, 11) is 0. The van der Waals surface area contributed by atoms with E-state index in [1.54, 1.807) is 4.90 Å². The number of hydrogen-bond acceptors (Lipinski definition) is 5. The zero-order chi connectivity index (χ0) is 18.5. The third kappa shape index (κ3) is 2.95. The molecule has 0 bridgehead atoms. The summed E-state index contributed by atoms with van der Waals surface area (Å²) in [5.41, 5.74) is 2.90. The molecule has 142 valence electrons. The molecule has 4 aliphatic rings. The maximum Gasteiger partial charge on any atom is 0.255 e. The number of carbonyl (C=O) groups excluding carboxylic acids is 3. The van der Waals surface area contributed by atoms with Crippen molar-refractivity contribution in [2.75, 3.05) is 26.2 Å². The summed E-state index contributed by atoms with van der Waals surface area (Å²) < 4.78 is 0. The normalized spacial score (nSPS) is 30.6. The number of fused-ring (bicyclic) bond motifs is 2. The number of amides is 3. The number of imide groups is 1. The van der Waals surface area contributed by atoms with Gasteiger partial charge in [-0.3, -0.25) is 24.6 Å². The van der Waals surface area contributed by atoms with Gasteiger partial charge in [-0.05, 0) is 48.5 Å². The number of hydrogen-bond donors (Lipinski definition) is 2. The molecule has 2 N–H and O–H groups in total. The Bertz CT molecular complexity index is 811. The number of rotatable bonds is 3. The van der Waals surface area contributed by atoms with Crippen LogP contribution >= 0.6 is 0 Å². The first-order valence-corrected chi connectivity index (χ1v) is 9.78. The van der Waals surface area contributed by atoms with Crippen molar-refractivity contribution in [3.63, 3.8) is 0 Å². The van der Waals surface area contributed by atoms with Crippen molar-refractivity contribution in [1.82, 2.24) is 20.4 Å². The van der Waals surface area contributed by atoms with E-state index >= 15 is 0 Å². The van der Waals surface area contributed by atoms with Gasteiger partial charge in [0.15, 0.2) is 0 Å². The average molecular weight is 368 g/mol. The zero-order valence-electron chi connectivity index (χ0n) is 15.2. The molecule has 0 radical (unpaired) electrons. The molecular weight excluding hydrogens is 344 g/mol. The highest BCUT2D eigenvalue weighted by atomic mass is 16.2. The Hall–Kier alpha value is -2.25. The van der Waals surface area contributed by atoms with Gasteiger partial charge in [0.05, 0.1) is 0 Å². The Morgan fingerprint density at radius 2 is 1.85 bits per heavy atom. The third-order valence-electron chi connectivity index (χ3n) is 6.46. The summed E-state index contributed by atoms with van der Waals surface area (Å²) in [5.74, 6) is 0.819. The van der Waals surface area contributed by atoms with Crippen LogP contribution in [0.1, 0.15) is 34.3 Å². The summed E-state index contributed by atoms with van der Waals surface area (Å²) in [6.45, 7) is 5.88. The Labute approximate surface area is 158 Å². The largest absolute Gasteiger partial charge is 0.322 e. The SMILES string of the molecule is O=C1CCC(N2Cc3cc(CN4C[C@H]5CNC[C@H]5C4)ccc3C2=O)C(=O)N1. The van der Waals surface area contributed by atoms with Gasteiger partial charge in [-0.1, -0.05) is 12.1 Å². The van der Waals surface area contributed by atoms with Crippen molar-refractivity contribution in [3.05, 3.63) is 34.9 Å². The van der Waals surface area contributed by atoms with Gasteiger partial charge in [0.1, 0.15) is 6.04 Å². The second kappa shape index (κ2) is 6.42. The number of benzene rings is 1. The van der Waals surface area contributed by atoms with Gasteiger partial charge in [0.2, 0.25) is 11.8 Å². The van der Waals surface area contributed by atoms with Crippen LogP contribution in [0.3, 0.4) is 0 Å². The molecule has 1 unspecified atom stereocenters. The molecule has 1 aromatic carbocycles. The molecule has 0 aliphatic carbocycles. The summed E-state index contributed by atoms with van der Waals surface area (Å²) in [5, 5.41) is 5.82. The van der Waals surface area contributed by atoms with Crippen molar-refractivity contribution in [1.29, 1.82) is 0 Å². The number of piperidine rings is 1. The molecule has 7 nitrogen and oxygen atoms in total. The molecule has 7 heteroatoms. The van der Waals surface area contributed by atoms with Gasteiger partial charge in [0.25, 0.3) is 5.91 Å². The fraction of sp³-hybridized carbons (Fsp3) is 0.550. The van der Waals surface area contributed by atoms with Crippen molar-refractivity contribution in [2.45, 2.75) is 32.0 Å². The molecule has 4 aliphatic heterocycles. The Balaban J connectivity index is 1.29. The first kappa shape index (κ1) is 16.9. The molecule has 5 rings (SSSR count). The molecule has 4 heterocycles. The van der Waals surface area contributed by atoms with Gasteiger partial charge >= 0.3 is 0 Å². The molecule has 3 atom stereocenters. The van der Waals surface area contributed by atoms with E-state index in [4.69, 9.17) is 0 Å². The van der Waals surface area contributed by atoms with Crippen LogP contribution in [0.25, 0.3) is 0 Å². The van der Waals surface area contributed by atoms with Crippen LogP contribution in [-0.4, -0.2) is 59.7 Å². The maximum absolute atomic E-state index is 12.8. The van der Waals surface area contributed by atoms with Crippen LogP contribution in [0, 0.1) is 11.8 Å². The molecule has 1 aromatic rings. The molecule has 3 saturated heterocycles. The predicted octanol–water partition coefficient (Wildman–Crippen LogP) is 0.0988. The van der Waals surface area contributed by atoms with E-state index in [1.807, 2.05) is 12.1 Å². The van der Waals surface area contributed by atoms with E-state index in [0.29, 0.717) is 18.5 Å². The van der Waals surface area contributed by atoms with E-state index in [9.17, 15) is 14.4 Å². The first-order valence-electron chi connectivity index (χ1n) is 9.78. The van der Waals surface area contributed by atoms with Crippen LogP contribution in [-0.2, 0) is 22.7 Å². The van der Waals surface area contributed by atoms with E-state index in [2.05, 4.69) is 21.6 Å². The molecule has 0 spiro atoms. The van der Waals surface area contributed by atoms with Gasteiger partial charge in [-0.25, -0.2) is 0 Å². The van der Waals surface area contributed by atoms with E-state index < -0.39 is 6.04 Å². The number of carbonyl (C=O) groups is 3. The highest BCUT2D eigenvalue weighted by molar-refractivity contribution is 6.05. The van der Waals surface area contributed by atoms with Gasteiger partial charge in [-0.2, -0.15) is 0 Å². The quantitative estimate of drug-likeness (QED) is 0.740. The first-order chi connectivity index (χ1) is 13.1. The third-order valence-corrected chi connectivity index (χ3v) is 6.46. The summed E-state index contributed by atoms with van der Waals surface area (Å²) in [6.07, 6.45) is 0.690. The lowest BCUT2D eigenvalue weighted by Gasteiger charge is -2.29. The Morgan fingerprint density at radius 1 is 1.07 bits per heavy atom. The molecule has 3 amide bonds. The fourth-order valence-corrected chi connectivity index (χ4v) is 5.07. The van der Waals surface area contributed by atoms with E-state index in [-0.39, 0.29) is 24.1 Å². The standard InChI is InChI=1S/C20H24N4O3/c25-18-4-3-17(19(26)22-18)24-11-13-5-12(1-2-16(13)20(24)27)8-23-9-14-6-21-7-15(14)10-23/h1-2,5,14-15,17,21H,3-4,6-11H2,(H,22,25,26)/t14-,15+,17?. The van der Waals surface area contributed by atoms with Gasteiger partial charge in [-0.15, -0.1) is 0 Å². The second-order valence-corrected chi connectivity index (χ2v) is 8.26. The van der Waals surface area contributed by atoms with E-state index in [0.717, 1.165) is 50.1 Å². The van der Waals surface area contributed by atoms with Crippen LogP contribution < -0.4 is 10.6 Å². The number of likely N-dealkylation sites (tertiary alicyclic amines) is 1. The fourth-order valence-electron chi connectivity index (χ4n) is 5.07. The molecule has 0 aromatic heterocycles. The van der Waals surface area contributed by atoms with Gasteiger partial charge < -0.3 is 10.2 Å². The highest BCUT2D eigenvalue weighted by Gasteiger charge is 2.39. The maximum atomic E-state index is 12.8. The van der Waals surface area contributed by atoms with Gasteiger partial charge in [0, 0.05) is 38.2 Å². The molecule has 27 heavy (non-hydrogen) atoms. The minimum atomic E-state index is -0.545. The predicted molar refractivity (Wildman–Crippen MR) is 97.6 cm³/mol. The second-order valence-electron chi connectivity index (χ2n) is 8.26. The van der Waals surface area contributed by atoms with Crippen LogP contribution in [0.2, 0.25) is 0 Å². The monoisotopic (exact) mass is 368 g/mol. The van der Waals surface area contributed by atoms with Crippen LogP contribution in [0.5, 0.6) is 0 Å². The molecule has 0 saturated carbocycles. The Morgan fingerprint density at radius 3 is 2.59 bits per heavy atom. The van der Waals surface area contributed by atoms with Crippen molar-refractivity contribution >= 4 is 17.7 Å². The molecular formula is C20H24N4O3. The smallest absolute Gasteiger partial charge is 0.255 e. The zero-order valence-corrected chi connectivity index (χ0v) is 15.2. The van der Waals surface area contributed by atoms with Crippen molar-refractivity contribution in [3.8, 4) is 0 Å². The summed E-state index contributed by atoms with van der Waals surface area (Å²) >= 11 is 0. The van der Waals surface area contributed by atoms with Crippen LogP contribution in [0.15, 0.2) is 18.2 Å². The van der Waals surface area contributed by atoms with Crippen molar-refractivity contribution in [2.24, 2.45) is 11.8 Å². The average Bonchev–Trinajstić information content (AvgIpc) is 3.29. The Kier molecular flexibility index (Phi) is 4.02. The topological polar surface area (TPSA) is 81.8 Å². The molecule has 3 fully saturated rings. The van der Waals surface area contributed by atoms with Crippen LogP contribution in [0.4, 0.5) is 0 Å². The highest BCUT2D eigenvalue weighted by Crippen LogP contribution is 2.30. The lowest BCUT2D eigenvalue weighted by molar-refractivity contribution is -0.136. The lowest BCUT2D eigenvalue weighted by atomic mass is 10.0. The van der Waals surface area contributed by atoms with E-state index in [1.165, 1.54) is 5.56 Å². The lowest BCUT2D eigenvalue weighted by Crippen LogP contribution is -2.52. The minimum absolute atomic E-state index is 0.104. The summed E-state index contributed by atoms with van der Waals surface area (Å²) in [6, 6.07) is 5.51. The summed E-state index contributed by atoms with van der Waals surface area (Å²) in [4.78, 5) is 40.4. The number of nitrogens with one attached hydrogen (secondary N) is 2. The number of nitrogens with zero attached hydrogens (tertiary/aromatic N) is 2. The minimum Gasteiger partial charge on any atom is -0.322 e.